The molecule has 0 spiro atoms. The van der Waals surface area contributed by atoms with Crippen LogP contribution in [0, 0.1) is 5.92 Å². The molecule has 2 nitrogen and oxygen atoms in total. The molecule has 1 saturated heterocycles. The predicted octanol–water partition coefficient (Wildman–Crippen LogP) is 2.54. The Labute approximate surface area is 90.9 Å². The minimum Gasteiger partial charge on any atom is -0.388 e. The van der Waals surface area contributed by atoms with E-state index in [0.717, 1.165) is 38.0 Å². The quantitative estimate of drug-likeness (QED) is 0.805. The Morgan fingerprint density at radius 1 is 1.13 bits per heavy atom. The highest BCUT2D eigenvalue weighted by Gasteiger charge is 2.21. The summed E-state index contributed by atoms with van der Waals surface area (Å²) in [5, 5.41) is 10.2. The first kappa shape index (κ1) is 10.7. The van der Waals surface area contributed by atoms with Gasteiger partial charge in [0.25, 0.3) is 0 Å². The van der Waals surface area contributed by atoms with Gasteiger partial charge in [-0.3, -0.25) is 0 Å². The van der Waals surface area contributed by atoms with Crippen molar-refractivity contribution in [3.8, 4) is 0 Å². The van der Waals surface area contributed by atoms with E-state index in [0.29, 0.717) is 5.92 Å². The number of ether oxygens (including phenoxy) is 1. The highest BCUT2D eigenvalue weighted by Crippen LogP contribution is 2.29. The van der Waals surface area contributed by atoms with Crippen molar-refractivity contribution in [1.29, 1.82) is 0 Å². The van der Waals surface area contributed by atoms with Crippen LogP contribution in [0.4, 0.5) is 0 Å². The van der Waals surface area contributed by atoms with Crippen molar-refractivity contribution >= 4 is 0 Å². The number of aliphatic hydroxyl groups excluding tert-OH is 1. The first-order valence-corrected chi connectivity index (χ1v) is 5.68. The van der Waals surface area contributed by atoms with Crippen LogP contribution in [0.3, 0.4) is 0 Å². The molecule has 1 fully saturated rings. The maximum Gasteiger partial charge on any atom is 0.0819 e. The van der Waals surface area contributed by atoms with Gasteiger partial charge in [-0.1, -0.05) is 30.3 Å². The molecule has 0 radical (unpaired) electrons. The number of hydrogen-bond donors (Lipinski definition) is 1. The molecule has 2 atom stereocenters. The molecule has 82 valence electrons. The Kier molecular flexibility index (Phi) is 3.75. The summed E-state index contributed by atoms with van der Waals surface area (Å²) in [7, 11) is 0. The van der Waals surface area contributed by atoms with Gasteiger partial charge in [-0.2, -0.15) is 0 Å². The highest BCUT2D eigenvalue weighted by atomic mass is 16.5. The Hall–Kier alpha value is -0.860. The molecule has 2 rings (SSSR count). The van der Waals surface area contributed by atoms with Crippen molar-refractivity contribution in [1.82, 2.24) is 0 Å². The van der Waals surface area contributed by atoms with Gasteiger partial charge in [0.05, 0.1) is 6.10 Å². The van der Waals surface area contributed by atoms with Crippen molar-refractivity contribution in [3.05, 3.63) is 35.9 Å². The van der Waals surface area contributed by atoms with Crippen molar-refractivity contribution in [2.45, 2.75) is 25.4 Å². The minimum atomic E-state index is -0.326. The molecule has 1 aliphatic heterocycles. The maximum absolute atomic E-state index is 10.2. The molecule has 1 unspecified atom stereocenters. The van der Waals surface area contributed by atoms with E-state index in [1.807, 2.05) is 30.3 Å². The average molecular weight is 206 g/mol. The molecule has 1 N–H and O–H groups in total. The number of hydrogen-bond acceptors (Lipinski definition) is 2. The van der Waals surface area contributed by atoms with Crippen LogP contribution >= 0.6 is 0 Å². The SMILES string of the molecule is O[C@@H](c1ccccc1)C1CCCOCC1. The Morgan fingerprint density at radius 3 is 2.73 bits per heavy atom. The van der Waals surface area contributed by atoms with E-state index < -0.39 is 0 Å². The van der Waals surface area contributed by atoms with Crippen molar-refractivity contribution in [2.24, 2.45) is 5.92 Å². The summed E-state index contributed by atoms with van der Waals surface area (Å²) in [5.74, 6) is 0.356. The van der Waals surface area contributed by atoms with Crippen LogP contribution in [0.2, 0.25) is 0 Å². The van der Waals surface area contributed by atoms with Gasteiger partial charge in [0.2, 0.25) is 0 Å². The summed E-state index contributed by atoms with van der Waals surface area (Å²) in [4.78, 5) is 0. The van der Waals surface area contributed by atoms with Gasteiger partial charge in [0, 0.05) is 13.2 Å². The van der Waals surface area contributed by atoms with E-state index >= 15 is 0 Å². The lowest BCUT2D eigenvalue weighted by molar-refractivity contribution is 0.0885. The smallest absolute Gasteiger partial charge is 0.0819 e. The third-order valence-corrected chi connectivity index (χ3v) is 3.08. The van der Waals surface area contributed by atoms with E-state index in [1.54, 1.807) is 0 Å². The van der Waals surface area contributed by atoms with E-state index in [9.17, 15) is 5.11 Å². The molecule has 1 aliphatic rings. The van der Waals surface area contributed by atoms with Crippen LogP contribution in [-0.4, -0.2) is 18.3 Å². The monoisotopic (exact) mass is 206 g/mol. The Bertz CT molecular complexity index is 276. The molecular weight excluding hydrogens is 188 g/mol. The van der Waals surface area contributed by atoms with Crippen molar-refractivity contribution < 1.29 is 9.84 Å². The summed E-state index contributed by atoms with van der Waals surface area (Å²) in [6.07, 6.45) is 2.77. The standard InChI is InChI=1S/C13H18O2/c14-13(11-5-2-1-3-6-11)12-7-4-9-15-10-8-12/h1-3,5-6,12-14H,4,7-10H2/t12?,13-/m0/s1. The first-order valence-electron chi connectivity index (χ1n) is 5.68. The molecule has 1 heterocycles. The Balaban J connectivity index is 2.03. The first-order chi connectivity index (χ1) is 7.38. The lowest BCUT2D eigenvalue weighted by Gasteiger charge is -2.20. The zero-order chi connectivity index (χ0) is 10.5. The fourth-order valence-electron chi connectivity index (χ4n) is 2.17. The molecule has 0 bridgehead atoms. The Morgan fingerprint density at radius 2 is 1.93 bits per heavy atom. The van der Waals surface area contributed by atoms with Crippen molar-refractivity contribution in [3.63, 3.8) is 0 Å². The molecule has 0 aliphatic carbocycles. The zero-order valence-electron chi connectivity index (χ0n) is 8.93. The van der Waals surface area contributed by atoms with Crippen LogP contribution in [-0.2, 0) is 4.74 Å². The topological polar surface area (TPSA) is 29.5 Å². The van der Waals surface area contributed by atoms with Gasteiger partial charge < -0.3 is 9.84 Å². The summed E-state index contributed by atoms with van der Waals surface area (Å²) in [6, 6.07) is 9.93. The van der Waals surface area contributed by atoms with Crippen LogP contribution in [0.5, 0.6) is 0 Å². The van der Waals surface area contributed by atoms with Gasteiger partial charge in [-0.15, -0.1) is 0 Å². The lowest BCUT2D eigenvalue weighted by Crippen LogP contribution is -2.13. The van der Waals surface area contributed by atoms with E-state index in [1.165, 1.54) is 0 Å². The number of benzene rings is 1. The maximum atomic E-state index is 10.2. The van der Waals surface area contributed by atoms with E-state index in [2.05, 4.69) is 0 Å². The van der Waals surface area contributed by atoms with E-state index in [4.69, 9.17) is 4.74 Å². The van der Waals surface area contributed by atoms with E-state index in [-0.39, 0.29) is 6.10 Å². The van der Waals surface area contributed by atoms with Gasteiger partial charge in [0.1, 0.15) is 0 Å². The fourth-order valence-corrected chi connectivity index (χ4v) is 2.17. The van der Waals surface area contributed by atoms with Gasteiger partial charge in [0.15, 0.2) is 0 Å². The molecule has 15 heavy (non-hydrogen) atoms. The van der Waals surface area contributed by atoms with Gasteiger partial charge in [-0.05, 0) is 30.7 Å². The van der Waals surface area contributed by atoms with Gasteiger partial charge >= 0.3 is 0 Å². The number of rotatable bonds is 2. The second kappa shape index (κ2) is 5.29. The molecular formula is C13H18O2. The van der Waals surface area contributed by atoms with Crippen molar-refractivity contribution in [2.75, 3.05) is 13.2 Å². The zero-order valence-corrected chi connectivity index (χ0v) is 8.93. The third kappa shape index (κ3) is 2.80. The lowest BCUT2D eigenvalue weighted by atomic mass is 9.90. The fraction of sp³-hybridized carbons (Fsp3) is 0.538. The normalized spacial score (nSPS) is 24.5. The molecule has 0 amide bonds. The summed E-state index contributed by atoms with van der Waals surface area (Å²) < 4.78 is 5.40. The number of aliphatic hydroxyl groups is 1. The second-order valence-electron chi connectivity index (χ2n) is 4.16. The minimum absolute atomic E-state index is 0.326. The molecule has 1 aromatic rings. The second-order valence-corrected chi connectivity index (χ2v) is 4.16. The van der Waals surface area contributed by atoms with Crippen LogP contribution in [0.1, 0.15) is 30.9 Å². The molecule has 0 aromatic heterocycles. The highest BCUT2D eigenvalue weighted by molar-refractivity contribution is 5.17. The predicted molar refractivity (Wildman–Crippen MR) is 59.6 cm³/mol. The molecule has 1 aromatic carbocycles. The summed E-state index contributed by atoms with van der Waals surface area (Å²) in [5.41, 5.74) is 1.03. The summed E-state index contributed by atoms with van der Waals surface area (Å²) in [6.45, 7) is 1.63. The summed E-state index contributed by atoms with van der Waals surface area (Å²) >= 11 is 0. The molecule has 0 saturated carbocycles. The van der Waals surface area contributed by atoms with Crippen LogP contribution < -0.4 is 0 Å². The van der Waals surface area contributed by atoms with Crippen LogP contribution in [0.15, 0.2) is 30.3 Å². The van der Waals surface area contributed by atoms with Gasteiger partial charge in [-0.25, -0.2) is 0 Å². The molecule has 2 heteroatoms. The average Bonchev–Trinajstić information content (AvgIpc) is 2.58. The third-order valence-electron chi connectivity index (χ3n) is 3.08. The van der Waals surface area contributed by atoms with Crippen LogP contribution in [0.25, 0.3) is 0 Å². The largest absolute Gasteiger partial charge is 0.388 e.